The molecule has 0 aliphatic carbocycles. The van der Waals surface area contributed by atoms with Gasteiger partial charge >= 0.3 is 0 Å². The molecule has 2 N–H and O–H groups in total. The molecule has 0 radical (unpaired) electrons. The number of benzene rings is 1. The average Bonchev–Trinajstić information content (AvgIpc) is 3.22. The molecule has 2 aromatic rings. The number of hydrogen-bond acceptors (Lipinski definition) is 3. The second kappa shape index (κ2) is 9.74. The molecule has 1 fully saturated rings. The van der Waals surface area contributed by atoms with Crippen molar-refractivity contribution in [3.8, 4) is 0 Å². The van der Waals surface area contributed by atoms with Gasteiger partial charge in [-0.05, 0) is 46.7 Å². The summed E-state index contributed by atoms with van der Waals surface area (Å²) in [5.74, 6) is 1.42. The Morgan fingerprint density at radius 2 is 2.00 bits per heavy atom. The van der Waals surface area contributed by atoms with Crippen molar-refractivity contribution in [1.29, 1.82) is 0 Å². The molecule has 0 spiro atoms. The van der Waals surface area contributed by atoms with Crippen LogP contribution in [0.4, 0.5) is 0 Å². The van der Waals surface area contributed by atoms with Crippen LogP contribution in [0.15, 0.2) is 52.2 Å². The van der Waals surface area contributed by atoms with Gasteiger partial charge in [0, 0.05) is 39.3 Å². The molecule has 140 valence electrons. The van der Waals surface area contributed by atoms with Crippen LogP contribution in [0.5, 0.6) is 0 Å². The monoisotopic (exact) mass is 370 g/mol. The second-order valence-corrected chi connectivity index (χ2v) is 7.87. The molecule has 0 saturated carbocycles. The van der Waals surface area contributed by atoms with Crippen LogP contribution in [-0.2, 0) is 6.54 Å². The summed E-state index contributed by atoms with van der Waals surface area (Å²) < 4.78 is 0. The van der Waals surface area contributed by atoms with Crippen LogP contribution in [-0.4, -0.2) is 43.6 Å². The highest BCUT2D eigenvalue weighted by Gasteiger charge is 2.20. The summed E-state index contributed by atoms with van der Waals surface area (Å²) in [7, 11) is 1.86. The van der Waals surface area contributed by atoms with E-state index in [-0.39, 0.29) is 0 Å². The van der Waals surface area contributed by atoms with E-state index >= 15 is 0 Å². The van der Waals surface area contributed by atoms with Crippen LogP contribution in [0.25, 0.3) is 0 Å². The standard InChI is InChI=1S/C21H30N4S/c1-17(19-10-13-26-16-19)14-23-21(22-2)24-20-8-11-25(12-9-20)15-18-6-4-3-5-7-18/h3-7,10,13,16-17,20H,8-9,11-12,14-15H2,1-2H3,(H2,22,23,24). The van der Waals surface area contributed by atoms with Gasteiger partial charge in [0.25, 0.3) is 0 Å². The van der Waals surface area contributed by atoms with E-state index in [1.165, 1.54) is 11.1 Å². The summed E-state index contributed by atoms with van der Waals surface area (Å²) in [6, 6.07) is 13.5. The number of hydrogen-bond donors (Lipinski definition) is 2. The number of nitrogens with zero attached hydrogens (tertiary/aromatic N) is 2. The molecule has 0 bridgehead atoms. The predicted octanol–water partition coefficient (Wildman–Crippen LogP) is 3.68. The van der Waals surface area contributed by atoms with E-state index in [9.17, 15) is 0 Å². The lowest BCUT2D eigenvalue weighted by atomic mass is 10.0. The van der Waals surface area contributed by atoms with Crippen LogP contribution in [0.2, 0.25) is 0 Å². The maximum absolute atomic E-state index is 4.41. The zero-order chi connectivity index (χ0) is 18.2. The van der Waals surface area contributed by atoms with Crippen molar-refractivity contribution in [1.82, 2.24) is 15.5 Å². The number of likely N-dealkylation sites (tertiary alicyclic amines) is 1. The molecule has 1 aliphatic rings. The van der Waals surface area contributed by atoms with E-state index in [0.29, 0.717) is 12.0 Å². The van der Waals surface area contributed by atoms with Gasteiger partial charge in [0.05, 0.1) is 0 Å². The fourth-order valence-electron chi connectivity index (χ4n) is 3.39. The van der Waals surface area contributed by atoms with Crippen molar-refractivity contribution in [2.75, 3.05) is 26.7 Å². The molecule has 1 saturated heterocycles. The summed E-state index contributed by atoms with van der Waals surface area (Å²) in [6.07, 6.45) is 2.32. The van der Waals surface area contributed by atoms with Crippen LogP contribution < -0.4 is 10.6 Å². The Hall–Kier alpha value is -1.85. The minimum atomic E-state index is 0.493. The molecule has 5 heteroatoms. The number of piperidine rings is 1. The third kappa shape index (κ3) is 5.58. The van der Waals surface area contributed by atoms with Gasteiger partial charge in [-0.25, -0.2) is 0 Å². The SMILES string of the molecule is CN=C(NCC(C)c1ccsc1)NC1CCN(Cc2ccccc2)CC1. The van der Waals surface area contributed by atoms with Crippen molar-refractivity contribution in [2.45, 2.75) is 38.3 Å². The first kappa shape index (κ1) is 18.9. The van der Waals surface area contributed by atoms with Gasteiger partial charge in [0.1, 0.15) is 0 Å². The van der Waals surface area contributed by atoms with E-state index in [4.69, 9.17) is 0 Å². The Balaban J connectivity index is 1.40. The van der Waals surface area contributed by atoms with Crippen LogP contribution >= 0.6 is 11.3 Å². The third-order valence-corrected chi connectivity index (χ3v) is 5.79. The Bertz CT molecular complexity index is 661. The van der Waals surface area contributed by atoms with Crippen molar-refractivity contribution in [3.05, 3.63) is 58.3 Å². The predicted molar refractivity (Wildman–Crippen MR) is 112 cm³/mol. The quantitative estimate of drug-likeness (QED) is 0.602. The first-order chi connectivity index (χ1) is 12.7. The van der Waals surface area contributed by atoms with Gasteiger partial charge in [0.15, 0.2) is 5.96 Å². The molecular formula is C21H30N4S. The Labute approximate surface area is 161 Å². The van der Waals surface area contributed by atoms with Crippen LogP contribution in [0.3, 0.4) is 0 Å². The topological polar surface area (TPSA) is 39.7 Å². The molecule has 1 unspecified atom stereocenters. The highest BCUT2D eigenvalue weighted by molar-refractivity contribution is 7.07. The minimum Gasteiger partial charge on any atom is -0.356 e. The summed E-state index contributed by atoms with van der Waals surface area (Å²) in [6.45, 7) is 6.48. The molecule has 2 heterocycles. The zero-order valence-corrected chi connectivity index (χ0v) is 16.6. The number of nitrogens with one attached hydrogen (secondary N) is 2. The minimum absolute atomic E-state index is 0.493. The first-order valence-electron chi connectivity index (χ1n) is 9.50. The van der Waals surface area contributed by atoms with E-state index in [0.717, 1.165) is 45.0 Å². The second-order valence-electron chi connectivity index (χ2n) is 7.09. The normalized spacial score (nSPS) is 17.8. The van der Waals surface area contributed by atoms with Gasteiger partial charge < -0.3 is 10.6 Å². The van der Waals surface area contributed by atoms with E-state index in [2.05, 4.69) is 74.6 Å². The van der Waals surface area contributed by atoms with Crippen molar-refractivity contribution in [3.63, 3.8) is 0 Å². The Morgan fingerprint density at radius 1 is 1.23 bits per heavy atom. The van der Waals surface area contributed by atoms with Crippen LogP contribution in [0, 0.1) is 0 Å². The van der Waals surface area contributed by atoms with Gasteiger partial charge in [-0.2, -0.15) is 11.3 Å². The number of rotatable bonds is 6. The Kier molecular flexibility index (Phi) is 7.09. The lowest BCUT2D eigenvalue weighted by Gasteiger charge is -2.33. The molecular weight excluding hydrogens is 340 g/mol. The van der Waals surface area contributed by atoms with Gasteiger partial charge in [0.2, 0.25) is 0 Å². The fraction of sp³-hybridized carbons (Fsp3) is 0.476. The van der Waals surface area contributed by atoms with Crippen molar-refractivity contribution < 1.29 is 0 Å². The maximum atomic E-state index is 4.41. The molecule has 26 heavy (non-hydrogen) atoms. The highest BCUT2D eigenvalue weighted by Crippen LogP contribution is 2.17. The van der Waals surface area contributed by atoms with Crippen LogP contribution in [0.1, 0.15) is 36.8 Å². The highest BCUT2D eigenvalue weighted by atomic mass is 32.1. The molecule has 1 atom stereocenters. The molecule has 4 nitrogen and oxygen atoms in total. The zero-order valence-electron chi connectivity index (χ0n) is 15.8. The molecule has 1 aromatic heterocycles. The smallest absolute Gasteiger partial charge is 0.191 e. The molecule has 1 aliphatic heterocycles. The van der Waals surface area contributed by atoms with Crippen molar-refractivity contribution >= 4 is 17.3 Å². The van der Waals surface area contributed by atoms with Crippen molar-refractivity contribution in [2.24, 2.45) is 4.99 Å². The molecule has 1 aromatic carbocycles. The molecule has 3 rings (SSSR count). The van der Waals surface area contributed by atoms with E-state index in [1.54, 1.807) is 11.3 Å². The summed E-state index contributed by atoms with van der Waals surface area (Å²) >= 11 is 1.76. The summed E-state index contributed by atoms with van der Waals surface area (Å²) in [4.78, 5) is 6.95. The molecule has 0 amide bonds. The summed E-state index contributed by atoms with van der Waals surface area (Å²) in [5, 5.41) is 11.5. The van der Waals surface area contributed by atoms with Gasteiger partial charge in [-0.3, -0.25) is 9.89 Å². The number of aliphatic imine (C=N–C) groups is 1. The van der Waals surface area contributed by atoms with E-state index < -0.39 is 0 Å². The average molecular weight is 371 g/mol. The Morgan fingerprint density at radius 3 is 2.65 bits per heavy atom. The van der Waals surface area contributed by atoms with Gasteiger partial charge in [-0.15, -0.1) is 0 Å². The fourth-order valence-corrected chi connectivity index (χ4v) is 4.17. The first-order valence-corrected chi connectivity index (χ1v) is 10.4. The lowest BCUT2D eigenvalue weighted by Crippen LogP contribution is -2.49. The number of guanidine groups is 1. The van der Waals surface area contributed by atoms with Gasteiger partial charge in [-0.1, -0.05) is 37.3 Å². The maximum Gasteiger partial charge on any atom is 0.191 e. The third-order valence-electron chi connectivity index (χ3n) is 5.09. The summed E-state index contributed by atoms with van der Waals surface area (Å²) in [5.41, 5.74) is 2.80. The van der Waals surface area contributed by atoms with E-state index in [1.807, 2.05) is 7.05 Å². The lowest BCUT2D eigenvalue weighted by molar-refractivity contribution is 0.198. The largest absolute Gasteiger partial charge is 0.356 e. The number of thiophene rings is 1.